The first-order valence-corrected chi connectivity index (χ1v) is 16.3. The number of halogens is 3. The van der Waals surface area contributed by atoms with E-state index >= 15 is 0 Å². The first kappa shape index (κ1) is 31.6. The second kappa shape index (κ2) is 12.4. The molecule has 5 fully saturated rings. The quantitative estimate of drug-likeness (QED) is 0.426. The molecule has 2 aromatic rings. The zero-order valence-corrected chi connectivity index (χ0v) is 26.1. The van der Waals surface area contributed by atoms with Gasteiger partial charge in [0.15, 0.2) is 5.69 Å². The molecule has 2 aromatic heterocycles. The molecule has 244 valence electrons. The Kier molecular flexibility index (Phi) is 8.71. The number of hydrogen-bond acceptors (Lipinski definition) is 7. The summed E-state index contributed by atoms with van der Waals surface area (Å²) in [7, 11) is 0. The number of amides is 2. The lowest BCUT2D eigenvalue weighted by Crippen LogP contribution is -2.60. The van der Waals surface area contributed by atoms with Gasteiger partial charge in [0.05, 0.1) is 29.0 Å². The Bertz CT molecular complexity index is 1390. The fourth-order valence-electron chi connectivity index (χ4n) is 7.84. The molecule has 12 heteroatoms. The zero-order valence-electron chi connectivity index (χ0n) is 26.1. The molecule has 2 saturated heterocycles. The molecule has 0 radical (unpaired) electrons. The Balaban J connectivity index is 1.25. The molecule has 3 saturated carbocycles. The maximum atomic E-state index is 14.0. The smallest absolute Gasteiger partial charge is 0.394 e. The first-order chi connectivity index (χ1) is 21.6. The molecule has 2 atom stereocenters. The molecular formula is C33H43F3N6O3. The van der Waals surface area contributed by atoms with Gasteiger partial charge in [0.2, 0.25) is 11.8 Å². The van der Waals surface area contributed by atoms with E-state index in [2.05, 4.69) is 27.4 Å². The van der Waals surface area contributed by atoms with E-state index in [9.17, 15) is 22.8 Å². The minimum absolute atomic E-state index is 0.00345. The first-order valence-electron chi connectivity index (χ1n) is 16.3. The van der Waals surface area contributed by atoms with Gasteiger partial charge in [-0.15, -0.1) is 0 Å². The summed E-state index contributed by atoms with van der Waals surface area (Å²) in [4.78, 5) is 41.1. The lowest BCUT2D eigenvalue weighted by Gasteiger charge is -2.54. The standard InChI is InChI=1S/C33H43F3N6O3/c1-3-23-21-41(30(44)31-10-13-32(14-11-31,15-12-31)33(34,35)36)18-19-42(23)26-8-7-25(24-6-5-16-38-29(24)45-4-2)40-27(26)28(43)39-22-9-17-37-20-22/h5-8,16,22-23,37H,3-4,9-15,17-21H2,1-2H3,(H,39,43)/t22-,23-,31?,32?/m1/s1. The van der Waals surface area contributed by atoms with Crippen LogP contribution >= 0.6 is 0 Å². The number of pyridine rings is 2. The molecule has 3 aliphatic carbocycles. The molecule has 0 aromatic carbocycles. The van der Waals surface area contributed by atoms with Crippen LogP contribution in [0.5, 0.6) is 5.88 Å². The van der Waals surface area contributed by atoms with Crippen molar-refractivity contribution in [1.82, 2.24) is 25.5 Å². The fourth-order valence-corrected chi connectivity index (χ4v) is 7.84. The van der Waals surface area contributed by atoms with E-state index in [0.717, 1.165) is 19.4 Å². The summed E-state index contributed by atoms with van der Waals surface area (Å²) in [6.45, 7) is 7.30. The maximum Gasteiger partial charge on any atom is 0.394 e. The Morgan fingerprint density at radius 3 is 2.49 bits per heavy atom. The topological polar surface area (TPSA) is 99.7 Å². The van der Waals surface area contributed by atoms with Crippen molar-refractivity contribution in [3.05, 3.63) is 36.2 Å². The minimum atomic E-state index is -4.22. The summed E-state index contributed by atoms with van der Waals surface area (Å²) in [5, 5.41) is 6.43. The number of piperazine rings is 1. The normalized spacial score (nSPS) is 28.3. The van der Waals surface area contributed by atoms with Crippen LogP contribution < -0.4 is 20.3 Å². The Hall–Kier alpha value is -3.41. The molecule has 2 N–H and O–H groups in total. The van der Waals surface area contributed by atoms with Crippen molar-refractivity contribution in [2.24, 2.45) is 10.8 Å². The van der Waals surface area contributed by atoms with Crippen LogP contribution in [-0.2, 0) is 4.79 Å². The molecule has 2 bridgehead atoms. The number of hydrogen-bond donors (Lipinski definition) is 2. The SMILES string of the molecule is CCOc1ncccc1-c1ccc(N2CCN(C(=O)C34CCC(C(F)(F)F)(CC3)CC4)C[C@H]2CC)c(C(=O)N[C@@H]2CCNC2)n1. The van der Waals surface area contributed by atoms with Crippen LogP contribution in [-0.4, -0.2) is 84.3 Å². The average Bonchev–Trinajstić information content (AvgIpc) is 3.57. The molecular weight excluding hydrogens is 585 g/mol. The highest BCUT2D eigenvalue weighted by atomic mass is 19.4. The van der Waals surface area contributed by atoms with Gasteiger partial charge in [0, 0.05) is 49.9 Å². The Morgan fingerprint density at radius 2 is 1.84 bits per heavy atom. The van der Waals surface area contributed by atoms with Gasteiger partial charge in [-0.2, -0.15) is 13.2 Å². The van der Waals surface area contributed by atoms with Crippen molar-refractivity contribution >= 4 is 17.5 Å². The van der Waals surface area contributed by atoms with Crippen molar-refractivity contribution in [3.63, 3.8) is 0 Å². The van der Waals surface area contributed by atoms with E-state index in [0.29, 0.717) is 80.6 Å². The van der Waals surface area contributed by atoms with Crippen LogP contribution in [0.2, 0.25) is 0 Å². The third-order valence-electron chi connectivity index (χ3n) is 10.7. The van der Waals surface area contributed by atoms with Crippen molar-refractivity contribution in [2.75, 3.05) is 44.2 Å². The number of nitrogens with zero attached hydrogens (tertiary/aromatic N) is 4. The van der Waals surface area contributed by atoms with E-state index in [4.69, 9.17) is 9.72 Å². The lowest BCUT2D eigenvalue weighted by atomic mass is 9.53. The second-order valence-corrected chi connectivity index (χ2v) is 13.1. The molecule has 0 spiro atoms. The third-order valence-corrected chi connectivity index (χ3v) is 10.7. The van der Waals surface area contributed by atoms with Crippen LogP contribution in [0, 0.1) is 10.8 Å². The number of carbonyl (C=O) groups is 2. The lowest BCUT2D eigenvalue weighted by molar-refractivity contribution is -0.259. The molecule has 4 heterocycles. The van der Waals surface area contributed by atoms with Crippen molar-refractivity contribution in [1.29, 1.82) is 0 Å². The van der Waals surface area contributed by atoms with Crippen molar-refractivity contribution in [2.45, 2.75) is 83.5 Å². The van der Waals surface area contributed by atoms with E-state index in [1.807, 2.05) is 36.1 Å². The minimum Gasteiger partial charge on any atom is -0.477 e. The summed E-state index contributed by atoms with van der Waals surface area (Å²) < 4.78 is 47.2. The monoisotopic (exact) mass is 628 g/mol. The highest BCUT2D eigenvalue weighted by molar-refractivity contribution is 5.99. The molecule has 2 aliphatic heterocycles. The van der Waals surface area contributed by atoms with E-state index in [1.54, 1.807) is 6.20 Å². The van der Waals surface area contributed by atoms with Crippen LogP contribution in [0.15, 0.2) is 30.5 Å². The Morgan fingerprint density at radius 1 is 1.09 bits per heavy atom. The number of anilines is 1. The summed E-state index contributed by atoms with van der Waals surface area (Å²) in [6, 6.07) is 7.41. The van der Waals surface area contributed by atoms with E-state index < -0.39 is 17.0 Å². The van der Waals surface area contributed by atoms with Crippen LogP contribution in [0.3, 0.4) is 0 Å². The van der Waals surface area contributed by atoms with Crippen molar-refractivity contribution < 1.29 is 27.5 Å². The highest BCUT2D eigenvalue weighted by Crippen LogP contribution is 2.63. The number of aromatic nitrogens is 2. The molecule has 2 amide bonds. The number of rotatable bonds is 8. The summed E-state index contributed by atoms with van der Waals surface area (Å²) in [5.41, 5.74) is -0.0333. The summed E-state index contributed by atoms with van der Waals surface area (Å²) in [6.07, 6.45) is -0.00184. The molecule has 5 aliphatic rings. The number of fused-ring (bicyclic) bond motifs is 3. The zero-order chi connectivity index (χ0) is 31.8. The largest absolute Gasteiger partial charge is 0.477 e. The number of carbonyl (C=O) groups excluding carboxylic acids is 2. The predicted octanol–water partition coefficient (Wildman–Crippen LogP) is 4.96. The van der Waals surface area contributed by atoms with E-state index in [-0.39, 0.29) is 43.2 Å². The summed E-state index contributed by atoms with van der Waals surface area (Å²) >= 11 is 0. The van der Waals surface area contributed by atoms with Gasteiger partial charge < -0.3 is 25.2 Å². The van der Waals surface area contributed by atoms with Gasteiger partial charge in [-0.05, 0) is 89.1 Å². The van der Waals surface area contributed by atoms with Gasteiger partial charge in [-0.3, -0.25) is 9.59 Å². The van der Waals surface area contributed by atoms with Gasteiger partial charge >= 0.3 is 6.18 Å². The fraction of sp³-hybridized carbons (Fsp3) is 0.636. The highest BCUT2D eigenvalue weighted by Gasteiger charge is 2.63. The summed E-state index contributed by atoms with van der Waals surface area (Å²) in [5.74, 6) is 0.186. The third kappa shape index (κ3) is 5.86. The predicted molar refractivity (Wildman–Crippen MR) is 164 cm³/mol. The second-order valence-electron chi connectivity index (χ2n) is 13.1. The van der Waals surface area contributed by atoms with Gasteiger partial charge in [-0.25, -0.2) is 9.97 Å². The maximum absolute atomic E-state index is 14.0. The molecule has 0 unspecified atom stereocenters. The van der Waals surface area contributed by atoms with Gasteiger partial charge in [-0.1, -0.05) is 6.92 Å². The number of nitrogens with one attached hydrogen (secondary N) is 2. The van der Waals surface area contributed by atoms with Gasteiger partial charge in [0.1, 0.15) is 0 Å². The number of alkyl halides is 3. The van der Waals surface area contributed by atoms with Crippen LogP contribution in [0.25, 0.3) is 11.3 Å². The molecule has 9 nitrogen and oxygen atoms in total. The van der Waals surface area contributed by atoms with E-state index in [1.165, 1.54) is 0 Å². The molecule has 7 rings (SSSR count). The average molecular weight is 629 g/mol. The number of ether oxygens (including phenoxy) is 1. The van der Waals surface area contributed by atoms with Crippen LogP contribution in [0.4, 0.5) is 18.9 Å². The van der Waals surface area contributed by atoms with Crippen molar-refractivity contribution in [3.8, 4) is 17.1 Å². The Labute approximate surface area is 262 Å². The van der Waals surface area contributed by atoms with Gasteiger partial charge in [0.25, 0.3) is 5.91 Å². The van der Waals surface area contributed by atoms with Crippen LogP contribution in [0.1, 0.15) is 75.7 Å². The molecule has 45 heavy (non-hydrogen) atoms.